The van der Waals surface area contributed by atoms with E-state index in [1.165, 1.54) is 39.7 Å². The predicted octanol–water partition coefficient (Wildman–Crippen LogP) is 3.54. The number of fused-ring (bicyclic) bond motifs is 2. The Morgan fingerprint density at radius 3 is 1.90 bits per heavy atom. The molecule has 3 aromatic carbocycles. The number of hydrogen-bond acceptors (Lipinski definition) is 13. The number of aliphatic hydroxyl groups is 1. The third-order valence-electron chi connectivity index (χ3n) is 6.70. The van der Waals surface area contributed by atoms with Gasteiger partial charge in [0.2, 0.25) is 25.1 Å². The first-order valence-electron chi connectivity index (χ1n) is 14.0. The van der Waals surface area contributed by atoms with E-state index in [-0.39, 0.29) is 76.9 Å². The number of hydrogen-bond donors (Lipinski definition) is 3. The maximum Gasteiger partial charge on any atom is 0.490 e. The van der Waals surface area contributed by atoms with E-state index in [0.717, 1.165) is 5.56 Å². The summed E-state index contributed by atoms with van der Waals surface area (Å²) in [5, 5.41) is 23.7. The molecule has 1 unspecified atom stereocenters. The molecule has 2 aliphatic heterocycles. The van der Waals surface area contributed by atoms with Gasteiger partial charge >= 0.3 is 18.1 Å². The molecular weight excluding hydrogens is 665 g/mol. The Bertz CT molecular complexity index is 1720. The molecule has 0 aliphatic carbocycles. The number of carbonyl (C=O) groups excluding carboxylic acids is 2. The van der Waals surface area contributed by atoms with Gasteiger partial charge in [-0.3, -0.25) is 4.79 Å². The van der Waals surface area contributed by atoms with E-state index in [0.29, 0.717) is 0 Å². The number of amides is 1. The number of alkyl halides is 3. The SMILES string of the molecule is COC(=O)c1cc(OC)c2c(c1-c1c(C(=O)NC(/C=N/OCc3ccccc3)CO)cc(OC)c3c1OCO3)OCO2.O=C(O)C(F)(F)F. The highest BCUT2D eigenvalue weighted by atomic mass is 19.4. The number of aliphatic hydroxyl groups excluding tert-OH is 1. The standard InChI is InChI=1S/C29H28N2O11.C2HF3O2/c1-35-20-9-18(28(33)31-17(12-32)11-30-42-13-16-7-5-4-6-8-16)22(26-24(20)38-14-40-26)23-19(29(34)37-3)10-21(36-2)25-27(23)41-15-39-25;3-2(4,5)1(6)7/h4-11,17,32H,12-15H2,1-3H3,(H,31,33);(H,6,7)/b30-11+;. The summed E-state index contributed by atoms with van der Waals surface area (Å²) in [4.78, 5) is 41.0. The van der Waals surface area contributed by atoms with Crippen LogP contribution in [0.1, 0.15) is 26.3 Å². The van der Waals surface area contributed by atoms with Crippen LogP contribution in [-0.2, 0) is 21.0 Å². The molecule has 0 saturated carbocycles. The van der Waals surface area contributed by atoms with E-state index >= 15 is 0 Å². The highest BCUT2D eigenvalue weighted by molar-refractivity contribution is 6.10. The molecule has 0 spiro atoms. The van der Waals surface area contributed by atoms with Gasteiger partial charge in [-0.05, 0) is 17.7 Å². The molecule has 0 bridgehead atoms. The van der Waals surface area contributed by atoms with Crippen molar-refractivity contribution in [1.82, 2.24) is 5.32 Å². The van der Waals surface area contributed by atoms with E-state index in [4.69, 9.17) is 47.9 Å². The number of carboxylic acids is 1. The van der Waals surface area contributed by atoms with E-state index in [2.05, 4.69) is 10.5 Å². The molecule has 1 amide bonds. The molecule has 262 valence electrons. The van der Waals surface area contributed by atoms with Crippen molar-refractivity contribution < 1.29 is 75.8 Å². The Kier molecular flexibility index (Phi) is 11.6. The summed E-state index contributed by atoms with van der Waals surface area (Å²) in [5.74, 6) is -2.99. The number of oxime groups is 1. The lowest BCUT2D eigenvalue weighted by Crippen LogP contribution is -2.39. The van der Waals surface area contributed by atoms with E-state index in [9.17, 15) is 27.9 Å². The lowest BCUT2D eigenvalue weighted by molar-refractivity contribution is -0.192. The zero-order valence-electron chi connectivity index (χ0n) is 26.0. The zero-order valence-corrected chi connectivity index (χ0v) is 26.0. The van der Waals surface area contributed by atoms with E-state index in [1.807, 2.05) is 30.3 Å². The van der Waals surface area contributed by atoms with Gasteiger partial charge in [0.15, 0.2) is 23.0 Å². The molecule has 18 heteroatoms. The Morgan fingerprint density at radius 2 is 1.41 bits per heavy atom. The Balaban J connectivity index is 0.000000698. The van der Waals surface area contributed by atoms with Gasteiger partial charge < -0.3 is 53.5 Å². The molecule has 49 heavy (non-hydrogen) atoms. The lowest BCUT2D eigenvalue weighted by atomic mass is 9.91. The van der Waals surface area contributed by atoms with Crippen LogP contribution in [0.25, 0.3) is 11.1 Å². The van der Waals surface area contributed by atoms with E-state index in [1.54, 1.807) is 0 Å². The van der Waals surface area contributed by atoms with Gasteiger partial charge in [0.1, 0.15) is 6.61 Å². The Hall–Kier alpha value is -5.91. The number of rotatable bonds is 11. The maximum absolute atomic E-state index is 13.8. The second kappa shape index (κ2) is 15.8. The van der Waals surface area contributed by atoms with Crippen molar-refractivity contribution in [2.75, 3.05) is 41.5 Å². The van der Waals surface area contributed by atoms with Crippen LogP contribution in [0.3, 0.4) is 0 Å². The van der Waals surface area contributed by atoms with Crippen LogP contribution in [0.4, 0.5) is 13.2 Å². The second-order valence-corrected chi connectivity index (χ2v) is 9.70. The number of ether oxygens (including phenoxy) is 7. The first kappa shape index (κ1) is 35.9. The third-order valence-corrected chi connectivity index (χ3v) is 6.70. The summed E-state index contributed by atoms with van der Waals surface area (Å²) in [7, 11) is 4.05. The number of benzene rings is 3. The van der Waals surface area contributed by atoms with Gasteiger partial charge in [0.25, 0.3) is 5.91 Å². The van der Waals surface area contributed by atoms with Crippen molar-refractivity contribution in [3.05, 3.63) is 59.2 Å². The van der Waals surface area contributed by atoms with Gasteiger partial charge in [-0.15, -0.1) is 0 Å². The molecule has 15 nitrogen and oxygen atoms in total. The summed E-state index contributed by atoms with van der Waals surface area (Å²) in [5.41, 5.74) is 1.24. The Morgan fingerprint density at radius 1 is 0.898 bits per heavy atom. The maximum atomic E-state index is 13.8. The van der Waals surface area contributed by atoms with Gasteiger partial charge in [-0.2, -0.15) is 13.2 Å². The number of methoxy groups -OCH3 is 3. The fourth-order valence-electron chi connectivity index (χ4n) is 4.50. The zero-order chi connectivity index (χ0) is 35.7. The molecule has 5 rings (SSSR count). The van der Waals surface area contributed by atoms with Crippen molar-refractivity contribution >= 4 is 24.1 Å². The fraction of sp³-hybridized carbons (Fsp3) is 0.290. The number of halogens is 3. The highest BCUT2D eigenvalue weighted by Crippen LogP contribution is 2.56. The molecule has 2 heterocycles. The van der Waals surface area contributed by atoms with Crippen molar-refractivity contribution in [3.63, 3.8) is 0 Å². The summed E-state index contributed by atoms with van der Waals surface area (Å²) in [6.45, 7) is -0.610. The molecular formula is C31H29F3N2O13. The van der Waals surface area contributed by atoms with Crippen molar-refractivity contribution in [2.45, 2.75) is 18.8 Å². The number of nitrogens with one attached hydrogen (secondary N) is 1. The summed E-state index contributed by atoms with van der Waals surface area (Å²) in [6, 6.07) is 11.3. The Labute approximate surface area is 275 Å². The van der Waals surface area contributed by atoms with Crippen LogP contribution >= 0.6 is 0 Å². The average Bonchev–Trinajstić information content (AvgIpc) is 3.79. The van der Waals surface area contributed by atoms with Crippen LogP contribution in [0.15, 0.2) is 47.6 Å². The van der Waals surface area contributed by atoms with Crippen LogP contribution in [0, 0.1) is 0 Å². The number of carboxylic acid groups (broad SMARTS) is 1. The average molecular weight is 695 g/mol. The number of carbonyl (C=O) groups is 3. The minimum absolute atomic E-state index is 0.0150. The molecule has 0 aromatic heterocycles. The number of esters is 1. The van der Waals surface area contributed by atoms with Crippen molar-refractivity contribution in [2.24, 2.45) is 5.16 Å². The van der Waals surface area contributed by atoms with Crippen LogP contribution in [0.2, 0.25) is 0 Å². The molecule has 0 saturated heterocycles. The summed E-state index contributed by atoms with van der Waals surface area (Å²) < 4.78 is 70.5. The smallest absolute Gasteiger partial charge is 0.490 e. The molecule has 0 radical (unpaired) electrons. The normalized spacial score (nSPS) is 13.2. The molecule has 3 N–H and O–H groups in total. The monoisotopic (exact) mass is 694 g/mol. The first-order valence-corrected chi connectivity index (χ1v) is 14.0. The minimum Gasteiger partial charge on any atom is -0.493 e. The molecule has 1 atom stereocenters. The van der Waals surface area contributed by atoms with Crippen LogP contribution in [0.5, 0.6) is 34.5 Å². The lowest BCUT2D eigenvalue weighted by Gasteiger charge is -2.20. The van der Waals surface area contributed by atoms with Crippen molar-refractivity contribution in [3.8, 4) is 45.6 Å². The minimum atomic E-state index is -5.08. The quantitative estimate of drug-likeness (QED) is 0.150. The fourth-order valence-corrected chi connectivity index (χ4v) is 4.50. The predicted molar refractivity (Wildman–Crippen MR) is 160 cm³/mol. The van der Waals surface area contributed by atoms with Crippen LogP contribution < -0.4 is 33.7 Å². The van der Waals surface area contributed by atoms with Crippen molar-refractivity contribution in [1.29, 1.82) is 0 Å². The first-order chi connectivity index (χ1) is 23.4. The number of aliphatic carboxylic acids is 1. The van der Waals surface area contributed by atoms with Crippen LogP contribution in [-0.4, -0.2) is 88.0 Å². The largest absolute Gasteiger partial charge is 0.493 e. The summed E-state index contributed by atoms with van der Waals surface area (Å²) in [6.07, 6.45) is -3.81. The molecule has 3 aromatic rings. The summed E-state index contributed by atoms with van der Waals surface area (Å²) >= 11 is 0. The third kappa shape index (κ3) is 8.15. The molecule has 2 aliphatic rings. The molecule has 0 fully saturated rings. The van der Waals surface area contributed by atoms with Gasteiger partial charge in [-0.25, -0.2) is 9.59 Å². The topological polar surface area (TPSA) is 190 Å². The van der Waals surface area contributed by atoms with Gasteiger partial charge in [0, 0.05) is 11.1 Å². The number of nitrogens with zero attached hydrogens (tertiary/aromatic N) is 1. The second-order valence-electron chi connectivity index (χ2n) is 9.70. The van der Waals surface area contributed by atoms with Gasteiger partial charge in [0.05, 0.1) is 51.3 Å². The highest BCUT2D eigenvalue weighted by Gasteiger charge is 2.39. The van der Waals surface area contributed by atoms with E-state index < -0.39 is 36.7 Å². The van der Waals surface area contributed by atoms with Gasteiger partial charge in [-0.1, -0.05) is 35.5 Å².